The van der Waals surface area contributed by atoms with E-state index in [1.807, 2.05) is 7.05 Å². The summed E-state index contributed by atoms with van der Waals surface area (Å²) in [5.41, 5.74) is 0.733. The molecule has 0 spiro atoms. The van der Waals surface area contributed by atoms with Crippen molar-refractivity contribution in [3.8, 4) is 0 Å². The molecule has 1 aliphatic rings. The molecule has 6 nitrogen and oxygen atoms in total. The van der Waals surface area contributed by atoms with Crippen LogP contribution in [0.15, 0.2) is 48.8 Å². The highest BCUT2D eigenvalue weighted by molar-refractivity contribution is 5.96. The summed E-state index contributed by atoms with van der Waals surface area (Å²) in [7, 11) is 1.95. The molecule has 2 aromatic heterocycles. The number of rotatable bonds is 4. The van der Waals surface area contributed by atoms with Gasteiger partial charge in [-0.1, -0.05) is 6.07 Å². The number of fused-ring (bicyclic) bond motifs is 1. The Kier molecular flexibility index (Phi) is 5.77. The van der Waals surface area contributed by atoms with E-state index in [4.69, 9.17) is 0 Å². The number of nitrogens with one attached hydrogen (secondary N) is 1. The lowest BCUT2D eigenvalue weighted by Crippen LogP contribution is -2.45. The fourth-order valence-corrected chi connectivity index (χ4v) is 3.62. The molecule has 1 amide bonds. The lowest BCUT2D eigenvalue weighted by atomic mass is 10.1. The maximum atomic E-state index is 13.7. The van der Waals surface area contributed by atoms with E-state index in [1.54, 1.807) is 35.4 Å². The molecule has 9 heteroatoms. The van der Waals surface area contributed by atoms with Crippen molar-refractivity contribution < 1.29 is 18.0 Å². The van der Waals surface area contributed by atoms with Gasteiger partial charge >= 0.3 is 6.18 Å². The van der Waals surface area contributed by atoms with E-state index >= 15 is 0 Å². The largest absolute Gasteiger partial charge is 0.418 e. The van der Waals surface area contributed by atoms with Crippen molar-refractivity contribution >= 4 is 22.6 Å². The lowest BCUT2D eigenvalue weighted by molar-refractivity contribution is -0.137. The standard InChI is InChI=1S/C22H22F3N5O/c1-29-7-9-30(10-8-29)19-5-4-15(11-18(19)22(23,24)25)13-28-21(31)17-12-16-3-2-6-26-20(16)27-14-17/h2-6,11-12,14H,7-10,13H2,1H3,(H,28,31). The number of aromatic nitrogens is 2. The van der Waals surface area contributed by atoms with Gasteiger partial charge in [-0.25, -0.2) is 9.97 Å². The first-order valence-corrected chi connectivity index (χ1v) is 9.94. The van der Waals surface area contributed by atoms with Gasteiger partial charge in [0, 0.05) is 56.2 Å². The number of benzene rings is 1. The van der Waals surface area contributed by atoms with Crippen molar-refractivity contribution in [2.75, 3.05) is 38.1 Å². The van der Waals surface area contributed by atoms with Crippen LogP contribution in [0.4, 0.5) is 18.9 Å². The molecule has 0 atom stereocenters. The summed E-state index contributed by atoms with van der Waals surface area (Å²) < 4.78 is 41.2. The Morgan fingerprint density at radius 3 is 2.61 bits per heavy atom. The predicted molar refractivity (Wildman–Crippen MR) is 112 cm³/mol. The zero-order chi connectivity index (χ0) is 22.0. The zero-order valence-electron chi connectivity index (χ0n) is 17.0. The molecule has 0 unspecified atom stereocenters. The number of halogens is 3. The minimum absolute atomic E-state index is 0.0178. The van der Waals surface area contributed by atoms with Crippen molar-refractivity contribution in [2.45, 2.75) is 12.7 Å². The van der Waals surface area contributed by atoms with Crippen LogP contribution in [0.1, 0.15) is 21.5 Å². The maximum Gasteiger partial charge on any atom is 0.418 e. The van der Waals surface area contributed by atoms with Gasteiger partial charge in [0.25, 0.3) is 5.91 Å². The van der Waals surface area contributed by atoms with E-state index in [9.17, 15) is 18.0 Å². The van der Waals surface area contributed by atoms with Gasteiger partial charge in [-0.3, -0.25) is 4.79 Å². The van der Waals surface area contributed by atoms with Gasteiger partial charge in [0.1, 0.15) is 0 Å². The second-order valence-electron chi connectivity index (χ2n) is 7.60. The highest BCUT2D eigenvalue weighted by atomic mass is 19.4. The van der Waals surface area contributed by atoms with Gasteiger partial charge in [0.15, 0.2) is 5.65 Å². The van der Waals surface area contributed by atoms with Gasteiger partial charge in [-0.15, -0.1) is 0 Å². The second-order valence-corrected chi connectivity index (χ2v) is 7.60. The van der Waals surface area contributed by atoms with Crippen LogP contribution in [0.25, 0.3) is 11.0 Å². The molecule has 0 radical (unpaired) electrons. The van der Waals surface area contributed by atoms with Crippen molar-refractivity contribution in [3.05, 3.63) is 65.5 Å². The third kappa shape index (κ3) is 4.77. The average Bonchev–Trinajstić information content (AvgIpc) is 2.77. The number of likely N-dealkylation sites (N-methyl/N-ethyl adjacent to an activating group) is 1. The molecular formula is C22H22F3N5O. The highest BCUT2D eigenvalue weighted by Crippen LogP contribution is 2.37. The Morgan fingerprint density at radius 1 is 1.10 bits per heavy atom. The van der Waals surface area contributed by atoms with Gasteiger partial charge in [0.05, 0.1) is 11.1 Å². The van der Waals surface area contributed by atoms with Crippen LogP contribution in [0, 0.1) is 0 Å². The molecule has 162 valence electrons. The third-order valence-corrected chi connectivity index (χ3v) is 5.38. The van der Waals surface area contributed by atoms with E-state index in [2.05, 4.69) is 20.2 Å². The van der Waals surface area contributed by atoms with Crippen LogP contribution in [0.5, 0.6) is 0 Å². The van der Waals surface area contributed by atoms with Crippen LogP contribution in [0.2, 0.25) is 0 Å². The molecule has 0 bridgehead atoms. The molecule has 3 aromatic rings. The van der Waals surface area contributed by atoms with E-state index in [-0.39, 0.29) is 12.2 Å². The molecule has 31 heavy (non-hydrogen) atoms. The first-order valence-electron chi connectivity index (χ1n) is 9.94. The molecule has 0 aliphatic carbocycles. The summed E-state index contributed by atoms with van der Waals surface area (Å²) in [5.74, 6) is -0.407. The van der Waals surface area contributed by atoms with Crippen LogP contribution in [-0.4, -0.2) is 54.0 Å². The van der Waals surface area contributed by atoms with Gasteiger partial charge in [-0.05, 0) is 42.9 Å². The first kappa shape index (κ1) is 21.0. The summed E-state index contributed by atoms with van der Waals surface area (Å²) in [6.07, 6.45) is -1.46. The number of anilines is 1. The summed E-state index contributed by atoms with van der Waals surface area (Å²) in [6, 6.07) is 9.44. The maximum absolute atomic E-state index is 13.7. The lowest BCUT2D eigenvalue weighted by Gasteiger charge is -2.35. The molecule has 1 aliphatic heterocycles. The number of carbonyl (C=O) groups is 1. The molecular weight excluding hydrogens is 407 g/mol. The smallest absolute Gasteiger partial charge is 0.368 e. The quantitative estimate of drug-likeness (QED) is 0.690. The fourth-order valence-electron chi connectivity index (χ4n) is 3.62. The molecule has 0 saturated carbocycles. The summed E-state index contributed by atoms with van der Waals surface area (Å²) in [5, 5.41) is 3.39. The molecule has 4 rings (SSSR count). The Bertz CT molecular complexity index is 1090. The molecule has 3 heterocycles. The molecule has 1 fully saturated rings. The number of amides is 1. The van der Waals surface area contributed by atoms with Crippen molar-refractivity contribution in [2.24, 2.45) is 0 Å². The van der Waals surface area contributed by atoms with E-state index < -0.39 is 17.6 Å². The fraction of sp³-hybridized carbons (Fsp3) is 0.318. The molecule has 1 N–H and O–H groups in total. The number of nitrogens with zero attached hydrogens (tertiary/aromatic N) is 4. The summed E-state index contributed by atoms with van der Waals surface area (Å²) in [4.78, 5) is 24.6. The zero-order valence-corrected chi connectivity index (χ0v) is 17.0. The predicted octanol–water partition coefficient (Wildman–Crippen LogP) is 3.33. The Morgan fingerprint density at radius 2 is 1.87 bits per heavy atom. The van der Waals surface area contributed by atoms with Crippen molar-refractivity contribution in [1.29, 1.82) is 0 Å². The van der Waals surface area contributed by atoms with E-state index in [0.29, 0.717) is 48.3 Å². The normalized spacial score (nSPS) is 15.3. The van der Waals surface area contributed by atoms with Gasteiger partial charge in [0.2, 0.25) is 0 Å². The minimum atomic E-state index is -4.48. The topological polar surface area (TPSA) is 61.4 Å². The second kappa shape index (κ2) is 8.50. The number of hydrogen-bond acceptors (Lipinski definition) is 5. The Labute approximate surface area is 177 Å². The summed E-state index contributed by atoms with van der Waals surface area (Å²) in [6.45, 7) is 2.49. The summed E-state index contributed by atoms with van der Waals surface area (Å²) >= 11 is 0. The molecule has 1 aromatic carbocycles. The molecule has 1 saturated heterocycles. The number of pyridine rings is 2. The number of carbonyl (C=O) groups excluding carboxylic acids is 1. The third-order valence-electron chi connectivity index (χ3n) is 5.38. The van der Waals surface area contributed by atoms with Crippen molar-refractivity contribution in [3.63, 3.8) is 0 Å². The van der Waals surface area contributed by atoms with Crippen LogP contribution in [-0.2, 0) is 12.7 Å². The van der Waals surface area contributed by atoms with Crippen LogP contribution >= 0.6 is 0 Å². The van der Waals surface area contributed by atoms with E-state index in [1.165, 1.54) is 12.3 Å². The number of piperazine rings is 1. The number of alkyl halides is 3. The van der Waals surface area contributed by atoms with Crippen LogP contribution < -0.4 is 10.2 Å². The monoisotopic (exact) mass is 429 g/mol. The van der Waals surface area contributed by atoms with Gasteiger partial charge < -0.3 is 15.1 Å². The number of hydrogen-bond donors (Lipinski definition) is 1. The highest BCUT2D eigenvalue weighted by Gasteiger charge is 2.35. The van der Waals surface area contributed by atoms with Gasteiger partial charge in [-0.2, -0.15) is 13.2 Å². The Balaban J connectivity index is 1.50. The Hall–Kier alpha value is -3.20. The first-order chi connectivity index (χ1) is 14.8. The van der Waals surface area contributed by atoms with Crippen LogP contribution in [0.3, 0.4) is 0 Å². The minimum Gasteiger partial charge on any atom is -0.368 e. The average molecular weight is 429 g/mol. The van der Waals surface area contributed by atoms with E-state index in [0.717, 1.165) is 6.07 Å². The van der Waals surface area contributed by atoms with Crippen molar-refractivity contribution in [1.82, 2.24) is 20.2 Å². The SMILES string of the molecule is CN1CCN(c2ccc(CNC(=O)c3cnc4ncccc4c3)cc2C(F)(F)F)CC1.